The summed E-state index contributed by atoms with van der Waals surface area (Å²) in [5.74, 6) is 1.07. The molecule has 3 rings (SSSR count). The molecule has 5 nitrogen and oxygen atoms in total. The Morgan fingerprint density at radius 3 is 2.74 bits per heavy atom. The molecule has 2 aromatic heterocycles. The van der Waals surface area contributed by atoms with E-state index in [9.17, 15) is 0 Å². The molecular weight excluding hydrogens is 264 g/mol. The van der Waals surface area contributed by atoms with Crippen LogP contribution in [0.1, 0.15) is 12.5 Å². The Morgan fingerprint density at radius 2 is 2.00 bits per heavy atom. The molecule has 0 bridgehead atoms. The second kappa shape index (κ2) is 4.85. The van der Waals surface area contributed by atoms with Crippen LogP contribution >= 0.6 is 11.6 Å². The molecule has 1 N–H and O–H groups in total. The van der Waals surface area contributed by atoms with Crippen LogP contribution < -0.4 is 4.74 Å². The summed E-state index contributed by atoms with van der Waals surface area (Å²) in [5, 5.41) is 0.111. The van der Waals surface area contributed by atoms with Crippen LogP contribution in [0.5, 0.6) is 11.6 Å². The van der Waals surface area contributed by atoms with E-state index >= 15 is 0 Å². The Hall–Kier alpha value is -2.14. The van der Waals surface area contributed by atoms with E-state index in [0.717, 1.165) is 6.42 Å². The van der Waals surface area contributed by atoms with Crippen LogP contribution in [-0.2, 0) is 6.42 Å². The molecule has 0 spiro atoms. The average Bonchev–Trinajstić information content (AvgIpc) is 2.88. The molecule has 19 heavy (non-hydrogen) atoms. The molecule has 3 aromatic rings. The predicted molar refractivity (Wildman–Crippen MR) is 72.6 cm³/mol. The number of ether oxygens (including phenoxy) is 1. The molecule has 0 atom stereocenters. The Kier molecular flexibility index (Phi) is 3.05. The minimum atomic E-state index is 0.111. The Bertz CT molecular complexity index is 708. The smallest absolute Gasteiger partial charge is 0.250 e. The first-order valence-corrected chi connectivity index (χ1v) is 6.27. The van der Waals surface area contributed by atoms with Crippen LogP contribution in [0.25, 0.3) is 11.2 Å². The normalized spacial score (nSPS) is 10.8. The number of nitrogens with zero attached hydrogens (tertiary/aromatic N) is 3. The van der Waals surface area contributed by atoms with Gasteiger partial charge in [0.15, 0.2) is 5.65 Å². The number of nitrogens with one attached hydrogen (secondary N) is 1. The van der Waals surface area contributed by atoms with Gasteiger partial charge in [0.2, 0.25) is 11.2 Å². The molecule has 0 aliphatic carbocycles. The fraction of sp³-hybridized carbons (Fsp3) is 0.154. The number of aromatic amines is 1. The lowest BCUT2D eigenvalue weighted by molar-refractivity contribution is 0.467. The van der Waals surface area contributed by atoms with Crippen molar-refractivity contribution < 1.29 is 4.74 Å². The summed E-state index contributed by atoms with van der Waals surface area (Å²) in [6.45, 7) is 2.11. The zero-order chi connectivity index (χ0) is 13.2. The van der Waals surface area contributed by atoms with Gasteiger partial charge < -0.3 is 9.72 Å². The number of hydrogen-bond donors (Lipinski definition) is 1. The first-order valence-electron chi connectivity index (χ1n) is 5.89. The number of aromatic nitrogens is 4. The molecule has 0 amide bonds. The third kappa shape index (κ3) is 2.37. The minimum absolute atomic E-state index is 0.111. The topological polar surface area (TPSA) is 63.7 Å². The zero-order valence-electron chi connectivity index (χ0n) is 10.2. The van der Waals surface area contributed by atoms with Gasteiger partial charge in [0.1, 0.15) is 11.3 Å². The van der Waals surface area contributed by atoms with Gasteiger partial charge in [0.05, 0.1) is 6.33 Å². The summed E-state index contributed by atoms with van der Waals surface area (Å²) in [6, 6.07) is 7.83. The highest BCUT2D eigenvalue weighted by Gasteiger charge is 2.10. The van der Waals surface area contributed by atoms with Crippen molar-refractivity contribution >= 4 is 22.8 Å². The van der Waals surface area contributed by atoms with Crippen molar-refractivity contribution in [3.63, 3.8) is 0 Å². The zero-order valence-corrected chi connectivity index (χ0v) is 11.0. The first-order chi connectivity index (χ1) is 9.26. The van der Waals surface area contributed by atoms with Crippen molar-refractivity contribution in [2.24, 2.45) is 0 Å². The Labute approximate surface area is 114 Å². The third-order valence-corrected chi connectivity index (χ3v) is 2.94. The number of hydrogen-bond acceptors (Lipinski definition) is 4. The number of fused-ring (bicyclic) bond motifs is 1. The lowest BCUT2D eigenvalue weighted by Gasteiger charge is -2.06. The van der Waals surface area contributed by atoms with Gasteiger partial charge in [-0.25, -0.2) is 4.98 Å². The average molecular weight is 275 g/mol. The predicted octanol–water partition coefficient (Wildman–Crippen LogP) is 3.36. The lowest BCUT2D eigenvalue weighted by atomic mass is 10.2. The van der Waals surface area contributed by atoms with Crippen LogP contribution in [0.4, 0.5) is 0 Å². The summed E-state index contributed by atoms with van der Waals surface area (Å²) < 4.78 is 5.72. The van der Waals surface area contributed by atoms with Gasteiger partial charge in [-0.2, -0.15) is 9.97 Å². The maximum atomic E-state index is 5.84. The fourth-order valence-electron chi connectivity index (χ4n) is 1.76. The van der Waals surface area contributed by atoms with Crippen molar-refractivity contribution in [3.05, 3.63) is 41.4 Å². The van der Waals surface area contributed by atoms with Crippen molar-refractivity contribution in [1.29, 1.82) is 0 Å². The van der Waals surface area contributed by atoms with E-state index in [4.69, 9.17) is 16.3 Å². The van der Waals surface area contributed by atoms with Crippen LogP contribution in [-0.4, -0.2) is 19.9 Å². The molecule has 0 fully saturated rings. The molecule has 0 aliphatic rings. The van der Waals surface area contributed by atoms with Crippen molar-refractivity contribution in [1.82, 2.24) is 19.9 Å². The van der Waals surface area contributed by atoms with Gasteiger partial charge in [-0.3, -0.25) is 0 Å². The second-order valence-electron chi connectivity index (χ2n) is 4.00. The molecule has 2 heterocycles. The number of halogens is 1. The van der Waals surface area contributed by atoms with Gasteiger partial charge in [-0.05, 0) is 35.7 Å². The van der Waals surface area contributed by atoms with Crippen LogP contribution in [0.15, 0.2) is 30.6 Å². The molecule has 6 heteroatoms. The number of aryl methyl sites for hydroxylation is 1. The van der Waals surface area contributed by atoms with E-state index in [1.54, 1.807) is 0 Å². The number of H-pyrrole nitrogens is 1. The van der Waals surface area contributed by atoms with E-state index in [-0.39, 0.29) is 5.28 Å². The molecule has 96 valence electrons. The summed E-state index contributed by atoms with van der Waals surface area (Å²) >= 11 is 5.84. The van der Waals surface area contributed by atoms with E-state index < -0.39 is 0 Å². The van der Waals surface area contributed by atoms with Gasteiger partial charge in [-0.1, -0.05) is 19.1 Å². The monoisotopic (exact) mass is 274 g/mol. The van der Waals surface area contributed by atoms with E-state index in [1.807, 2.05) is 24.3 Å². The number of imidazole rings is 1. The van der Waals surface area contributed by atoms with Gasteiger partial charge in [-0.15, -0.1) is 0 Å². The van der Waals surface area contributed by atoms with E-state index in [0.29, 0.717) is 22.8 Å². The van der Waals surface area contributed by atoms with Gasteiger partial charge in [0, 0.05) is 0 Å². The van der Waals surface area contributed by atoms with Gasteiger partial charge >= 0.3 is 0 Å². The summed E-state index contributed by atoms with van der Waals surface area (Å²) in [6.07, 6.45) is 2.52. The molecule has 0 aliphatic heterocycles. The first kappa shape index (κ1) is 11.9. The van der Waals surface area contributed by atoms with Crippen LogP contribution in [0.2, 0.25) is 5.28 Å². The fourth-order valence-corrected chi connectivity index (χ4v) is 1.92. The quantitative estimate of drug-likeness (QED) is 0.744. The van der Waals surface area contributed by atoms with E-state index in [2.05, 4.69) is 26.9 Å². The molecule has 1 aromatic carbocycles. The number of rotatable bonds is 3. The maximum absolute atomic E-state index is 5.84. The molecule has 0 unspecified atom stereocenters. The summed E-state index contributed by atoms with van der Waals surface area (Å²) in [7, 11) is 0. The van der Waals surface area contributed by atoms with Crippen molar-refractivity contribution in [2.45, 2.75) is 13.3 Å². The largest absolute Gasteiger partial charge is 0.437 e. The van der Waals surface area contributed by atoms with Crippen LogP contribution in [0.3, 0.4) is 0 Å². The highest BCUT2D eigenvalue weighted by molar-refractivity contribution is 6.28. The Morgan fingerprint density at radius 1 is 1.21 bits per heavy atom. The molecule has 0 saturated carbocycles. The standard InChI is InChI=1S/C13H11ClN4O/c1-2-8-3-5-9(6-4-8)19-12-10-11(16-7-15-10)17-13(14)18-12/h3-7H,2H2,1H3,(H,15,16,17,18). The summed E-state index contributed by atoms with van der Waals surface area (Å²) in [4.78, 5) is 15.0. The highest BCUT2D eigenvalue weighted by atomic mass is 35.5. The van der Waals surface area contributed by atoms with E-state index in [1.165, 1.54) is 11.9 Å². The van der Waals surface area contributed by atoms with Gasteiger partial charge in [0.25, 0.3) is 0 Å². The maximum Gasteiger partial charge on any atom is 0.250 e. The lowest BCUT2D eigenvalue weighted by Crippen LogP contribution is -1.93. The highest BCUT2D eigenvalue weighted by Crippen LogP contribution is 2.26. The molecule has 0 radical (unpaired) electrons. The second-order valence-corrected chi connectivity index (χ2v) is 4.34. The number of benzene rings is 1. The molecular formula is C13H11ClN4O. The minimum Gasteiger partial charge on any atom is -0.437 e. The third-order valence-electron chi connectivity index (χ3n) is 2.77. The van der Waals surface area contributed by atoms with Crippen LogP contribution in [0, 0.1) is 0 Å². The Balaban J connectivity index is 1.97. The van der Waals surface area contributed by atoms with Crippen molar-refractivity contribution in [3.8, 4) is 11.6 Å². The van der Waals surface area contributed by atoms with Crippen molar-refractivity contribution in [2.75, 3.05) is 0 Å². The summed E-state index contributed by atoms with van der Waals surface area (Å²) in [5.41, 5.74) is 2.36. The SMILES string of the molecule is CCc1ccc(Oc2nc(Cl)nc3nc[nH]c23)cc1. The molecule has 0 saturated heterocycles.